The van der Waals surface area contributed by atoms with Gasteiger partial charge in [0.15, 0.2) is 0 Å². The molecule has 1 aromatic carbocycles. The molecule has 0 amide bonds. The lowest BCUT2D eigenvalue weighted by atomic mass is 9.90. The van der Waals surface area contributed by atoms with Crippen LogP contribution in [-0.4, -0.2) is 4.57 Å². The first kappa shape index (κ1) is 18.4. The number of hydrogen-bond acceptors (Lipinski definition) is 0. The Balaban J connectivity index is 1.98. The Hall–Kier alpha value is -2.42. The van der Waals surface area contributed by atoms with Gasteiger partial charge in [0.2, 0.25) is 0 Å². The van der Waals surface area contributed by atoms with E-state index in [1.165, 1.54) is 17.7 Å². The number of allylic oxidation sites excluding steroid dienone is 6. The Morgan fingerprint density at radius 3 is 2.46 bits per heavy atom. The SMILES string of the molecule is CC(C)(C)Cc1cc(C2=CCC(F)=CC=C2F)cn1Cc1ccccc1. The minimum atomic E-state index is -0.392. The molecule has 0 unspecified atom stereocenters. The Morgan fingerprint density at radius 2 is 1.77 bits per heavy atom. The zero-order valence-electron chi connectivity index (χ0n) is 15.6. The van der Waals surface area contributed by atoms with Crippen molar-refractivity contribution in [2.45, 2.75) is 40.2 Å². The van der Waals surface area contributed by atoms with Crippen molar-refractivity contribution < 1.29 is 8.78 Å². The number of benzene rings is 1. The number of aromatic nitrogens is 1. The summed E-state index contributed by atoms with van der Waals surface area (Å²) in [6, 6.07) is 12.3. The molecule has 26 heavy (non-hydrogen) atoms. The maximum absolute atomic E-state index is 14.4. The minimum Gasteiger partial charge on any atom is -0.346 e. The van der Waals surface area contributed by atoms with Crippen LogP contribution in [0.1, 0.15) is 44.0 Å². The van der Waals surface area contributed by atoms with Gasteiger partial charge in [-0.2, -0.15) is 0 Å². The fourth-order valence-corrected chi connectivity index (χ4v) is 3.20. The normalized spacial score (nSPS) is 15.2. The molecule has 3 heteroatoms. The molecule has 0 saturated heterocycles. The van der Waals surface area contributed by atoms with Crippen LogP contribution in [0.2, 0.25) is 0 Å². The molecule has 0 aliphatic heterocycles. The molecule has 0 bridgehead atoms. The standard InChI is InChI=1S/C23H25F2N/c1-23(2,3)14-20-13-18(21-11-9-19(24)10-12-22(21)25)16-26(20)15-17-7-5-4-6-8-17/h4-8,10-13,16H,9,14-15H2,1-3H3. The second kappa shape index (κ2) is 7.45. The summed E-state index contributed by atoms with van der Waals surface area (Å²) in [6.07, 6.45) is 7.04. The molecule has 1 nitrogen and oxygen atoms in total. The van der Waals surface area contributed by atoms with Gasteiger partial charge in [-0.05, 0) is 35.6 Å². The van der Waals surface area contributed by atoms with Crippen molar-refractivity contribution in [3.8, 4) is 0 Å². The van der Waals surface area contributed by atoms with Gasteiger partial charge in [0.1, 0.15) is 11.7 Å². The smallest absolute Gasteiger partial charge is 0.130 e. The van der Waals surface area contributed by atoms with E-state index in [0.717, 1.165) is 24.2 Å². The zero-order valence-corrected chi connectivity index (χ0v) is 15.6. The molecule has 1 aromatic heterocycles. The summed E-state index contributed by atoms with van der Waals surface area (Å²) in [7, 11) is 0. The Morgan fingerprint density at radius 1 is 1.04 bits per heavy atom. The maximum atomic E-state index is 14.4. The van der Waals surface area contributed by atoms with Crippen LogP contribution in [0.25, 0.3) is 5.57 Å². The van der Waals surface area contributed by atoms with E-state index in [1.54, 1.807) is 6.08 Å². The van der Waals surface area contributed by atoms with Crippen molar-refractivity contribution in [3.63, 3.8) is 0 Å². The zero-order chi connectivity index (χ0) is 18.7. The molecule has 0 atom stereocenters. The second-order valence-corrected chi connectivity index (χ2v) is 8.02. The monoisotopic (exact) mass is 353 g/mol. The van der Waals surface area contributed by atoms with Gasteiger partial charge in [-0.3, -0.25) is 0 Å². The van der Waals surface area contributed by atoms with Crippen molar-refractivity contribution in [1.82, 2.24) is 4.57 Å². The third-order valence-corrected chi connectivity index (χ3v) is 4.37. The van der Waals surface area contributed by atoms with Crippen LogP contribution in [0, 0.1) is 5.41 Å². The topological polar surface area (TPSA) is 4.93 Å². The van der Waals surface area contributed by atoms with Crippen LogP contribution in [0.3, 0.4) is 0 Å². The van der Waals surface area contributed by atoms with Crippen LogP contribution in [-0.2, 0) is 13.0 Å². The first-order chi connectivity index (χ1) is 12.3. The molecule has 136 valence electrons. The molecule has 0 fully saturated rings. The van der Waals surface area contributed by atoms with E-state index < -0.39 is 5.83 Å². The van der Waals surface area contributed by atoms with E-state index in [9.17, 15) is 8.78 Å². The van der Waals surface area contributed by atoms with Gasteiger partial charge in [-0.25, -0.2) is 8.78 Å². The highest BCUT2D eigenvalue weighted by molar-refractivity contribution is 5.78. The molecule has 3 rings (SSSR count). The lowest BCUT2D eigenvalue weighted by molar-refractivity contribution is 0.399. The number of hydrogen-bond donors (Lipinski definition) is 0. The Bertz CT molecular complexity index is 861. The number of nitrogens with zero attached hydrogens (tertiary/aromatic N) is 1. The van der Waals surface area contributed by atoms with Gasteiger partial charge in [0, 0.05) is 36.0 Å². The fourth-order valence-electron chi connectivity index (χ4n) is 3.20. The Kier molecular flexibility index (Phi) is 5.26. The third kappa shape index (κ3) is 4.60. The average molecular weight is 353 g/mol. The van der Waals surface area contributed by atoms with Crippen LogP contribution >= 0.6 is 0 Å². The predicted molar refractivity (Wildman–Crippen MR) is 104 cm³/mol. The van der Waals surface area contributed by atoms with E-state index in [0.29, 0.717) is 5.57 Å². The molecular weight excluding hydrogens is 328 g/mol. The van der Waals surface area contributed by atoms with E-state index in [-0.39, 0.29) is 17.7 Å². The molecule has 1 heterocycles. The van der Waals surface area contributed by atoms with E-state index >= 15 is 0 Å². The highest BCUT2D eigenvalue weighted by atomic mass is 19.1. The van der Waals surface area contributed by atoms with Gasteiger partial charge < -0.3 is 4.57 Å². The van der Waals surface area contributed by atoms with E-state index in [4.69, 9.17) is 0 Å². The molecule has 0 saturated carbocycles. The van der Waals surface area contributed by atoms with Crippen molar-refractivity contribution in [2.24, 2.45) is 5.41 Å². The van der Waals surface area contributed by atoms with E-state index in [2.05, 4.69) is 37.5 Å². The largest absolute Gasteiger partial charge is 0.346 e. The summed E-state index contributed by atoms with van der Waals surface area (Å²) < 4.78 is 30.1. The number of rotatable bonds is 4. The molecule has 0 radical (unpaired) electrons. The summed E-state index contributed by atoms with van der Waals surface area (Å²) in [5.41, 5.74) is 3.74. The van der Waals surface area contributed by atoms with Gasteiger partial charge in [0.25, 0.3) is 0 Å². The fraction of sp³-hybridized carbons (Fsp3) is 0.304. The van der Waals surface area contributed by atoms with Crippen molar-refractivity contribution >= 4 is 5.57 Å². The second-order valence-electron chi connectivity index (χ2n) is 8.02. The molecule has 0 spiro atoms. The van der Waals surface area contributed by atoms with E-state index in [1.807, 2.05) is 30.5 Å². The molecule has 0 N–H and O–H groups in total. The van der Waals surface area contributed by atoms with Crippen molar-refractivity contribution in [3.05, 3.63) is 89.3 Å². The third-order valence-electron chi connectivity index (χ3n) is 4.37. The van der Waals surface area contributed by atoms with Crippen LogP contribution < -0.4 is 0 Å². The summed E-state index contributed by atoms with van der Waals surface area (Å²) in [6.45, 7) is 7.31. The first-order valence-corrected chi connectivity index (χ1v) is 8.97. The number of halogens is 2. The highest BCUT2D eigenvalue weighted by Gasteiger charge is 2.19. The molecule has 1 aliphatic carbocycles. The molecule has 1 aliphatic rings. The maximum Gasteiger partial charge on any atom is 0.130 e. The lowest BCUT2D eigenvalue weighted by Gasteiger charge is -2.19. The Labute approximate surface area is 154 Å². The van der Waals surface area contributed by atoms with Crippen molar-refractivity contribution in [2.75, 3.05) is 0 Å². The van der Waals surface area contributed by atoms with Crippen molar-refractivity contribution in [1.29, 1.82) is 0 Å². The summed E-state index contributed by atoms with van der Waals surface area (Å²) in [4.78, 5) is 0. The average Bonchev–Trinajstić information content (AvgIpc) is 2.85. The molecule has 2 aromatic rings. The minimum absolute atomic E-state index is 0.115. The quantitative estimate of drug-likeness (QED) is 0.582. The van der Waals surface area contributed by atoms with Crippen LogP contribution in [0.5, 0.6) is 0 Å². The first-order valence-electron chi connectivity index (χ1n) is 8.97. The van der Waals surface area contributed by atoms with Gasteiger partial charge in [-0.15, -0.1) is 0 Å². The predicted octanol–water partition coefficient (Wildman–Crippen LogP) is 6.62. The van der Waals surface area contributed by atoms with Crippen LogP contribution in [0.15, 0.2) is 72.5 Å². The van der Waals surface area contributed by atoms with Gasteiger partial charge in [-0.1, -0.05) is 57.2 Å². The highest BCUT2D eigenvalue weighted by Crippen LogP contribution is 2.32. The lowest BCUT2D eigenvalue weighted by Crippen LogP contribution is -2.13. The van der Waals surface area contributed by atoms with Gasteiger partial charge in [0.05, 0.1) is 0 Å². The van der Waals surface area contributed by atoms with Gasteiger partial charge >= 0.3 is 0 Å². The summed E-state index contributed by atoms with van der Waals surface area (Å²) in [5.74, 6) is -0.717. The van der Waals surface area contributed by atoms with Crippen LogP contribution in [0.4, 0.5) is 8.78 Å². The molecular formula is C23H25F2N. The summed E-state index contributed by atoms with van der Waals surface area (Å²) >= 11 is 0. The summed E-state index contributed by atoms with van der Waals surface area (Å²) in [5, 5.41) is 0.